The molecular formula is C12H10F2N2O3. The van der Waals surface area contributed by atoms with Crippen molar-refractivity contribution in [1.82, 2.24) is 0 Å². The Hall–Kier alpha value is -2.36. The summed E-state index contributed by atoms with van der Waals surface area (Å²) in [4.78, 5) is 21.4. The number of nitrogens with zero attached hydrogens (tertiary/aromatic N) is 2. The van der Waals surface area contributed by atoms with E-state index in [9.17, 15) is 23.7 Å². The van der Waals surface area contributed by atoms with Crippen LogP contribution in [0.15, 0.2) is 12.1 Å². The molecule has 0 aliphatic rings. The topological polar surface area (TPSA) is 84.0 Å². The van der Waals surface area contributed by atoms with Gasteiger partial charge in [0.25, 0.3) is 0 Å². The second kappa shape index (κ2) is 5.52. The number of hydrogen-bond donors (Lipinski definition) is 0. The Morgan fingerprint density at radius 1 is 1.42 bits per heavy atom. The summed E-state index contributed by atoms with van der Waals surface area (Å²) in [7, 11) is 0. The van der Waals surface area contributed by atoms with Crippen LogP contribution in [0.4, 0.5) is 14.5 Å². The minimum Gasteiger partial charge on any atom is -0.292 e. The summed E-state index contributed by atoms with van der Waals surface area (Å²) in [5, 5.41) is 19.4. The zero-order chi connectivity index (χ0) is 14.7. The number of Topliss-reactive ketones (excluding diaryl/α,β-unsaturated/α-hetero) is 1. The van der Waals surface area contributed by atoms with Crippen LogP contribution in [0.25, 0.3) is 0 Å². The molecule has 0 heterocycles. The first-order valence-electron chi connectivity index (χ1n) is 5.37. The zero-order valence-electron chi connectivity index (χ0n) is 10.2. The Morgan fingerprint density at radius 3 is 2.42 bits per heavy atom. The highest BCUT2D eigenvalue weighted by Crippen LogP contribution is 2.27. The molecule has 0 aliphatic carbocycles. The number of carbonyl (C=O) groups excluding carboxylic acids is 1. The molecule has 0 saturated heterocycles. The Labute approximate surface area is 107 Å². The highest BCUT2D eigenvalue weighted by molar-refractivity contribution is 6.00. The van der Waals surface area contributed by atoms with E-state index >= 15 is 0 Å². The van der Waals surface area contributed by atoms with E-state index in [0.717, 1.165) is 0 Å². The molecule has 100 valence electrons. The van der Waals surface area contributed by atoms with Crippen molar-refractivity contribution in [3.05, 3.63) is 39.4 Å². The maximum atomic E-state index is 13.8. The molecule has 1 aromatic rings. The summed E-state index contributed by atoms with van der Waals surface area (Å²) in [5.74, 6) is -5.57. The van der Waals surface area contributed by atoms with Crippen LogP contribution < -0.4 is 0 Å². The number of nitro benzene ring substituents is 1. The molecule has 1 atom stereocenters. The lowest BCUT2D eigenvalue weighted by atomic mass is 9.88. The van der Waals surface area contributed by atoms with Crippen molar-refractivity contribution in [3.8, 4) is 6.07 Å². The average Bonchev–Trinajstić information content (AvgIpc) is 2.28. The Kier molecular flexibility index (Phi) is 4.27. The van der Waals surface area contributed by atoms with Crippen LogP contribution in [-0.2, 0) is 0 Å². The van der Waals surface area contributed by atoms with Crippen LogP contribution in [0.3, 0.4) is 0 Å². The number of carbonyl (C=O) groups is 1. The molecule has 0 aliphatic heterocycles. The SMILES string of the molecule is CC(C)C(C#N)C(=O)c1c(F)ccc([N+](=O)[O-])c1F. The van der Waals surface area contributed by atoms with Gasteiger partial charge in [-0.15, -0.1) is 0 Å². The number of rotatable bonds is 4. The minimum absolute atomic E-state index is 0.462. The first-order chi connectivity index (χ1) is 8.81. The number of nitriles is 1. The molecule has 1 aromatic carbocycles. The maximum absolute atomic E-state index is 13.8. The molecule has 0 bridgehead atoms. The Balaban J connectivity index is 3.43. The lowest BCUT2D eigenvalue weighted by molar-refractivity contribution is -0.387. The first kappa shape index (κ1) is 14.7. The van der Waals surface area contributed by atoms with Crippen molar-refractivity contribution >= 4 is 11.5 Å². The monoisotopic (exact) mass is 268 g/mol. The summed E-state index contributed by atoms with van der Waals surface area (Å²) in [6, 6.07) is 2.93. The molecule has 0 amide bonds. The van der Waals surface area contributed by atoms with Gasteiger partial charge in [0.2, 0.25) is 5.82 Å². The van der Waals surface area contributed by atoms with E-state index in [1.54, 1.807) is 19.9 Å². The predicted octanol–water partition coefficient (Wildman–Crippen LogP) is 2.85. The van der Waals surface area contributed by atoms with Gasteiger partial charge in [0.05, 0.1) is 16.6 Å². The van der Waals surface area contributed by atoms with E-state index in [2.05, 4.69) is 0 Å². The van der Waals surface area contributed by atoms with E-state index in [0.29, 0.717) is 12.1 Å². The fraction of sp³-hybridized carbons (Fsp3) is 0.333. The van der Waals surface area contributed by atoms with Crippen molar-refractivity contribution in [3.63, 3.8) is 0 Å². The van der Waals surface area contributed by atoms with Gasteiger partial charge in [0.1, 0.15) is 11.7 Å². The van der Waals surface area contributed by atoms with Crippen molar-refractivity contribution in [2.45, 2.75) is 13.8 Å². The van der Waals surface area contributed by atoms with Gasteiger partial charge < -0.3 is 0 Å². The molecular weight excluding hydrogens is 258 g/mol. The lowest BCUT2D eigenvalue weighted by Crippen LogP contribution is -2.21. The Morgan fingerprint density at radius 2 is 2.00 bits per heavy atom. The molecule has 0 N–H and O–H groups in total. The lowest BCUT2D eigenvalue weighted by Gasteiger charge is -2.12. The number of ketones is 1. The van der Waals surface area contributed by atoms with Gasteiger partial charge in [-0.1, -0.05) is 13.8 Å². The van der Waals surface area contributed by atoms with Crippen LogP contribution in [0, 0.1) is 44.9 Å². The third-order valence-corrected chi connectivity index (χ3v) is 2.60. The predicted molar refractivity (Wildman–Crippen MR) is 61.3 cm³/mol. The number of nitro groups is 1. The van der Waals surface area contributed by atoms with Crippen molar-refractivity contribution in [2.24, 2.45) is 11.8 Å². The van der Waals surface area contributed by atoms with Crippen LogP contribution in [0.2, 0.25) is 0 Å². The van der Waals surface area contributed by atoms with Gasteiger partial charge in [0.15, 0.2) is 5.78 Å². The quantitative estimate of drug-likeness (QED) is 0.477. The van der Waals surface area contributed by atoms with Gasteiger partial charge in [0, 0.05) is 6.07 Å². The van der Waals surface area contributed by atoms with Gasteiger partial charge >= 0.3 is 5.69 Å². The van der Waals surface area contributed by atoms with E-state index in [1.807, 2.05) is 0 Å². The third kappa shape index (κ3) is 2.73. The summed E-state index contributed by atoms with van der Waals surface area (Å²) >= 11 is 0. The smallest absolute Gasteiger partial charge is 0.292 e. The summed E-state index contributed by atoms with van der Waals surface area (Å²) < 4.78 is 27.3. The van der Waals surface area contributed by atoms with E-state index < -0.39 is 45.4 Å². The number of hydrogen-bond acceptors (Lipinski definition) is 4. The third-order valence-electron chi connectivity index (χ3n) is 2.60. The summed E-state index contributed by atoms with van der Waals surface area (Å²) in [6.07, 6.45) is 0. The highest BCUT2D eigenvalue weighted by Gasteiger charge is 2.32. The fourth-order valence-electron chi connectivity index (χ4n) is 1.57. The molecule has 0 radical (unpaired) electrons. The molecule has 0 spiro atoms. The molecule has 1 rings (SSSR count). The second-order valence-corrected chi connectivity index (χ2v) is 4.23. The van der Waals surface area contributed by atoms with Crippen molar-refractivity contribution in [2.75, 3.05) is 0 Å². The van der Waals surface area contributed by atoms with Crippen LogP contribution >= 0.6 is 0 Å². The van der Waals surface area contributed by atoms with Gasteiger partial charge in [-0.3, -0.25) is 14.9 Å². The first-order valence-corrected chi connectivity index (χ1v) is 5.37. The summed E-state index contributed by atoms with van der Waals surface area (Å²) in [5.41, 5.74) is -2.03. The van der Waals surface area contributed by atoms with Crippen molar-refractivity contribution in [1.29, 1.82) is 5.26 Å². The molecule has 0 aromatic heterocycles. The molecule has 0 saturated carbocycles. The van der Waals surface area contributed by atoms with E-state index in [4.69, 9.17) is 5.26 Å². The molecule has 5 nitrogen and oxygen atoms in total. The zero-order valence-corrected chi connectivity index (χ0v) is 10.2. The summed E-state index contributed by atoms with van der Waals surface area (Å²) in [6.45, 7) is 3.08. The number of halogens is 2. The molecule has 0 fully saturated rings. The van der Waals surface area contributed by atoms with E-state index in [1.165, 1.54) is 0 Å². The van der Waals surface area contributed by atoms with Gasteiger partial charge in [-0.2, -0.15) is 9.65 Å². The Bertz CT molecular complexity index is 579. The molecule has 19 heavy (non-hydrogen) atoms. The average molecular weight is 268 g/mol. The highest BCUT2D eigenvalue weighted by atomic mass is 19.1. The maximum Gasteiger partial charge on any atom is 0.305 e. The van der Waals surface area contributed by atoms with Crippen molar-refractivity contribution < 1.29 is 18.5 Å². The normalized spacial score (nSPS) is 12.0. The number of benzene rings is 1. The standard InChI is InChI=1S/C12H10F2N2O3/c1-6(2)7(5-15)12(17)10-8(13)3-4-9(11(10)14)16(18)19/h3-4,6-7H,1-2H3. The van der Waals surface area contributed by atoms with Crippen LogP contribution in [-0.4, -0.2) is 10.7 Å². The fourth-order valence-corrected chi connectivity index (χ4v) is 1.57. The largest absolute Gasteiger partial charge is 0.305 e. The second-order valence-electron chi connectivity index (χ2n) is 4.23. The van der Waals surface area contributed by atoms with Crippen LogP contribution in [0.5, 0.6) is 0 Å². The van der Waals surface area contributed by atoms with E-state index in [-0.39, 0.29) is 0 Å². The molecule has 7 heteroatoms. The van der Waals surface area contributed by atoms with Gasteiger partial charge in [-0.25, -0.2) is 4.39 Å². The minimum atomic E-state index is -1.55. The van der Waals surface area contributed by atoms with Crippen LogP contribution in [0.1, 0.15) is 24.2 Å². The molecule has 1 unspecified atom stereocenters. The van der Waals surface area contributed by atoms with Gasteiger partial charge in [-0.05, 0) is 12.0 Å².